The van der Waals surface area contributed by atoms with E-state index in [1.54, 1.807) is 17.5 Å². The molecule has 5 rings (SSSR count). The summed E-state index contributed by atoms with van der Waals surface area (Å²) < 4.78 is 38.5. The minimum Gasteiger partial charge on any atom is -0.348 e. The highest BCUT2D eigenvalue weighted by Gasteiger charge is 2.30. The second kappa shape index (κ2) is 7.39. The number of pyridine rings is 1. The van der Waals surface area contributed by atoms with Crippen molar-refractivity contribution in [2.75, 3.05) is 18.0 Å². The topological polar surface area (TPSA) is 57.7 Å². The number of alkyl halides is 3. The van der Waals surface area contributed by atoms with E-state index in [0.717, 1.165) is 47.1 Å². The molecule has 154 valence electrons. The van der Waals surface area contributed by atoms with Crippen LogP contribution in [-0.4, -0.2) is 33.0 Å². The van der Waals surface area contributed by atoms with Crippen LogP contribution in [0.25, 0.3) is 33.8 Å². The maximum Gasteiger partial charge on any atom is 0.416 e. The maximum atomic E-state index is 12.8. The average Bonchev–Trinajstić information content (AvgIpc) is 3.41. The summed E-state index contributed by atoms with van der Waals surface area (Å²) in [5, 5.41) is 3.04. The van der Waals surface area contributed by atoms with Crippen LogP contribution in [-0.2, 0) is 6.18 Å². The Hall–Kier alpha value is -2.94. The zero-order chi connectivity index (χ0) is 20.7. The number of benzene rings is 1. The third kappa shape index (κ3) is 3.54. The summed E-state index contributed by atoms with van der Waals surface area (Å²) in [6, 6.07) is 6.82. The average molecular weight is 429 g/mol. The molecule has 5 nitrogen and oxygen atoms in total. The summed E-state index contributed by atoms with van der Waals surface area (Å²) in [4.78, 5) is 19.1. The normalized spacial score (nSPS) is 15.1. The summed E-state index contributed by atoms with van der Waals surface area (Å²) >= 11 is 1.62. The van der Waals surface area contributed by atoms with E-state index in [2.05, 4.69) is 19.9 Å². The molecule has 0 amide bonds. The number of halogens is 3. The van der Waals surface area contributed by atoms with Crippen LogP contribution in [0.15, 0.2) is 41.9 Å². The van der Waals surface area contributed by atoms with Crippen molar-refractivity contribution < 1.29 is 13.2 Å². The molecule has 9 heteroatoms. The molecule has 4 heterocycles. The third-order valence-electron chi connectivity index (χ3n) is 5.27. The highest BCUT2D eigenvalue weighted by Crippen LogP contribution is 2.34. The molecule has 30 heavy (non-hydrogen) atoms. The summed E-state index contributed by atoms with van der Waals surface area (Å²) in [6.45, 7) is 2.06. The molecule has 1 N–H and O–H groups in total. The minimum absolute atomic E-state index is 0.477. The highest BCUT2D eigenvalue weighted by molar-refractivity contribution is 7.14. The summed E-state index contributed by atoms with van der Waals surface area (Å²) in [5.41, 5.74) is 2.84. The number of anilines is 1. The van der Waals surface area contributed by atoms with Gasteiger partial charge in [-0.15, -0.1) is 11.3 Å². The van der Waals surface area contributed by atoms with E-state index in [9.17, 15) is 13.2 Å². The molecule has 0 aliphatic carbocycles. The van der Waals surface area contributed by atoms with Crippen LogP contribution in [0.4, 0.5) is 18.3 Å². The first kappa shape index (κ1) is 19.0. The van der Waals surface area contributed by atoms with E-state index in [1.807, 2.05) is 11.4 Å². The fraction of sp³-hybridized carbons (Fsp3) is 0.286. The lowest BCUT2D eigenvalue weighted by atomic mass is 10.1. The van der Waals surface area contributed by atoms with Crippen LogP contribution in [0.5, 0.6) is 0 Å². The first-order valence-electron chi connectivity index (χ1n) is 9.72. The lowest BCUT2D eigenvalue weighted by Crippen LogP contribution is -2.29. The summed E-state index contributed by atoms with van der Waals surface area (Å²) in [5.74, 6) is 0.477. The quantitative estimate of drug-likeness (QED) is 0.450. The van der Waals surface area contributed by atoms with E-state index in [4.69, 9.17) is 4.98 Å². The standard InChI is InChI=1S/C21H18F3N5S/c22-21(23,24)14-6-4-13(5-7-14)18-27-17-15(8-9-25-19(17)28-18)16-12-30-20(26-16)29-10-2-1-3-11-29/h4-9,12H,1-3,10-11H2,(H,25,27,28). The van der Waals surface area contributed by atoms with Crippen LogP contribution in [0.3, 0.4) is 0 Å². The molecule has 4 aromatic rings. The predicted molar refractivity (Wildman–Crippen MR) is 111 cm³/mol. The third-order valence-corrected chi connectivity index (χ3v) is 6.17. The highest BCUT2D eigenvalue weighted by atomic mass is 32.1. The Morgan fingerprint density at radius 2 is 1.73 bits per heavy atom. The molecule has 1 aliphatic rings. The van der Waals surface area contributed by atoms with Gasteiger partial charge in [-0.05, 0) is 37.5 Å². The number of imidazole rings is 1. The number of nitrogens with one attached hydrogen (secondary N) is 1. The van der Waals surface area contributed by atoms with E-state index < -0.39 is 11.7 Å². The van der Waals surface area contributed by atoms with Gasteiger partial charge in [-0.3, -0.25) is 0 Å². The molecule has 1 aromatic carbocycles. The molecule has 1 saturated heterocycles. The van der Waals surface area contributed by atoms with E-state index in [-0.39, 0.29) is 0 Å². The van der Waals surface area contributed by atoms with Crippen molar-refractivity contribution in [3.63, 3.8) is 0 Å². The monoisotopic (exact) mass is 429 g/mol. The van der Waals surface area contributed by atoms with Gasteiger partial charge in [-0.25, -0.2) is 15.0 Å². The van der Waals surface area contributed by atoms with Gasteiger partial charge in [0, 0.05) is 35.8 Å². The van der Waals surface area contributed by atoms with Crippen LogP contribution in [0.1, 0.15) is 24.8 Å². The molecule has 0 bridgehead atoms. The number of hydrogen-bond acceptors (Lipinski definition) is 5. The molecule has 0 saturated carbocycles. The largest absolute Gasteiger partial charge is 0.416 e. The van der Waals surface area contributed by atoms with Gasteiger partial charge < -0.3 is 9.88 Å². The molecule has 1 fully saturated rings. The smallest absolute Gasteiger partial charge is 0.348 e. The Labute approximate surface area is 174 Å². The van der Waals surface area contributed by atoms with Crippen molar-refractivity contribution in [2.45, 2.75) is 25.4 Å². The van der Waals surface area contributed by atoms with E-state index in [1.165, 1.54) is 31.4 Å². The lowest BCUT2D eigenvalue weighted by Gasteiger charge is -2.25. The molecule has 3 aromatic heterocycles. The Morgan fingerprint density at radius 1 is 0.967 bits per heavy atom. The van der Waals surface area contributed by atoms with Crippen molar-refractivity contribution in [1.82, 2.24) is 19.9 Å². The maximum absolute atomic E-state index is 12.8. The van der Waals surface area contributed by atoms with Crippen molar-refractivity contribution in [2.24, 2.45) is 0 Å². The van der Waals surface area contributed by atoms with Crippen molar-refractivity contribution in [1.29, 1.82) is 0 Å². The SMILES string of the molecule is FC(F)(F)c1ccc(-c2nc3nccc(-c4csc(N5CCCCC5)n4)c3[nH]2)cc1. The Morgan fingerprint density at radius 3 is 2.47 bits per heavy atom. The fourth-order valence-electron chi connectivity index (χ4n) is 3.70. The zero-order valence-electron chi connectivity index (χ0n) is 15.9. The molecular formula is C21H18F3N5S. The first-order valence-corrected chi connectivity index (χ1v) is 10.6. The Balaban J connectivity index is 1.49. The van der Waals surface area contributed by atoms with Crippen LogP contribution < -0.4 is 4.90 Å². The van der Waals surface area contributed by atoms with Crippen LogP contribution >= 0.6 is 11.3 Å². The summed E-state index contributed by atoms with van der Waals surface area (Å²) in [6.07, 6.45) is 0.949. The number of thiazole rings is 1. The van der Waals surface area contributed by atoms with Gasteiger partial charge in [0.25, 0.3) is 0 Å². The van der Waals surface area contributed by atoms with Gasteiger partial charge in [-0.2, -0.15) is 13.2 Å². The fourth-order valence-corrected chi connectivity index (χ4v) is 4.58. The second-order valence-electron chi connectivity index (χ2n) is 7.28. The van der Waals surface area contributed by atoms with Crippen molar-refractivity contribution in [3.8, 4) is 22.6 Å². The number of H-pyrrole nitrogens is 1. The minimum atomic E-state index is -4.36. The Bertz CT molecular complexity index is 1170. The predicted octanol–water partition coefficient (Wildman–Crippen LogP) is 5.76. The lowest BCUT2D eigenvalue weighted by molar-refractivity contribution is -0.137. The van der Waals surface area contributed by atoms with Gasteiger partial charge in [-0.1, -0.05) is 12.1 Å². The molecule has 0 atom stereocenters. The van der Waals surface area contributed by atoms with E-state index in [0.29, 0.717) is 17.0 Å². The van der Waals surface area contributed by atoms with Gasteiger partial charge in [0.15, 0.2) is 10.8 Å². The molecular weight excluding hydrogens is 411 g/mol. The van der Waals surface area contributed by atoms with Gasteiger partial charge >= 0.3 is 6.18 Å². The van der Waals surface area contributed by atoms with Gasteiger partial charge in [0.05, 0.1) is 16.8 Å². The molecule has 0 unspecified atom stereocenters. The second-order valence-corrected chi connectivity index (χ2v) is 8.12. The number of hydrogen-bond donors (Lipinski definition) is 1. The van der Waals surface area contributed by atoms with E-state index >= 15 is 0 Å². The number of aromatic nitrogens is 4. The number of piperidine rings is 1. The van der Waals surface area contributed by atoms with Crippen molar-refractivity contribution >= 4 is 27.6 Å². The van der Waals surface area contributed by atoms with Gasteiger partial charge in [0.2, 0.25) is 0 Å². The molecule has 0 spiro atoms. The number of fused-ring (bicyclic) bond motifs is 1. The van der Waals surface area contributed by atoms with Crippen molar-refractivity contribution in [3.05, 3.63) is 47.5 Å². The summed E-state index contributed by atoms with van der Waals surface area (Å²) in [7, 11) is 0. The molecule has 0 radical (unpaired) electrons. The zero-order valence-corrected chi connectivity index (χ0v) is 16.7. The Kier molecular flexibility index (Phi) is 4.69. The number of aromatic amines is 1. The van der Waals surface area contributed by atoms with Crippen LogP contribution in [0, 0.1) is 0 Å². The van der Waals surface area contributed by atoms with Gasteiger partial charge in [0.1, 0.15) is 5.82 Å². The number of nitrogens with zero attached hydrogens (tertiary/aromatic N) is 4. The van der Waals surface area contributed by atoms with Crippen LogP contribution in [0.2, 0.25) is 0 Å². The first-order chi connectivity index (χ1) is 14.5. The molecule has 1 aliphatic heterocycles. The number of rotatable bonds is 3.